The minimum atomic E-state index is -0.633. The van der Waals surface area contributed by atoms with Gasteiger partial charge in [-0.1, -0.05) is 0 Å². The van der Waals surface area contributed by atoms with Gasteiger partial charge >= 0.3 is 0 Å². The van der Waals surface area contributed by atoms with Crippen LogP contribution in [-0.2, 0) is 0 Å². The van der Waals surface area contributed by atoms with Crippen LogP contribution in [0.5, 0.6) is 17.2 Å². The van der Waals surface area contributed by atoms with Gasteiger partial charge in [0.15, 0.2) is 17.2 Å². The molecule has 0 saturated carbocycles. The van der Waals surface area contributed by atoms with Crippen molar-refractivity contribution in [2.24, 2.45) is 0 Å². The van der Waals surface area contributed by atoms with Gasteiger partial charge in [0.2, 0.25) is 5.43 Å². The molecule has 124 valence electrons. The third kappa shape index (κ3) is 2.21. The smallest absolute Gasteiger partial charge is 0.255 e. The van der Waals surface area contributed by atoms with Crippen molar-refractivity contribution in [2.45, 2.75) is 0 Å². The minimum Gasteiger partial charge on any atom is -0.504 e. The molecular weight excluding hydrogens is 326 g/mol. The van der Waals surface area contributed by atoms with Crippen LogP contribution in [0.3, 0.4) is 0 Å². The van der Waals surface area contributed by atoms with E-state index >= 15 is 0 Å². The van der Waals surface area contributed by atoms with Gasteiger partial charge in [0.25, 0.3) is 5.56 Å². The highest BCUT2D eigenvalue weighted by Gasteiger charge is 2.22. The second-order valence-corrected chi connectivity index (χ2v) is 5.54. The van der Waals surface area contributed by atoms with E-state index in [2.05, 4.69) is 4.98 Å². The third-order valence-corrected chi connectivity index (χ3v) is 3.98. The summed E-state index contributed by atoms with van der Waals surface area (Å²) in [6, 6.07) is 7.97. The number of H-pyrrole nitrogens is 1. The van der Waals surface area contributed by atoms with Crippen molar-refractivity contribution in [3.8, 4) is 39.7 Å². The van der Waals surface area contributed by atoms with E-state index in [0.29, 0.717) is 16.5 Å². The predicted molar refractivity (Wildman–Crippen MR) is 90.2 cm³/mol. The SMILES string of the molecule is O=c1cc2oc3cc(O)c(O)cc3c(-c3ccc[nH]c3=O)c-2cc1O. The second kappa shape index (κ2) is 5.13. The lowest BCUT2D eigenvalue weighted by atomic mass is 9.94. The Morgan fingerprint density at radius 1 is 0.880 bits per heavy atom. The molecule has 1 aliphatic heterocycles. The highest BCUT2D eigenvalue weighted by atomic mass is 16.3. The van der Waals surface area contributed by atoms with Crippen LogP contribution in [0.4, 0.5) is 0 Å². The Kier molecular flexibility index (Phi) is 3.04. The number of aromatic nitrogens is 1. The van der Waals surface area contributed by atoms with Crippen LogP contribution < -0.4 is 11.0 Å². The monoisotopic (exact) mass is 337 g/mol. The average Bonchev–Trinajstić information content (AvgIpc) is 2.57. The second-order valence-electron chi connectivity index (χ2n) is 5.54. The largest absolute Gasteiger partial charge is 0.504 e. The van der Waals surface area contributed by atoms with Crippen molar-refractivity contribution >= 4 is 11.0 Å². The van der Waals surface area contributed by atoms with Crippen LogP contribution in [0.25, 0.3) is 33.4 Å². The Morgan fingerprint density at radius 3 is 2.40 bits per heavy atom. The number of benzene rings is 2. The van der Waals surface area contributed by atoms with E-state index in [1.807, 2.05) is 0 Å². The summed E-state index contributed by atoms with van der Waals surface area (Å²) in [5, 5.41) is 29.7. The molecule has 7 nitrogen and oxygen atoms in total. The summed E-state index contributed by atoms with van der Waals surface area (Å²) >= 11 is 0. The molecule has 2 heterocycles. The van der Waals surface area contributed by atoms with Gasteiger partial charge in [0.05, 0.1) is 0 Å². The fraction of sp³-hybridized carbons (Fsp3) is 0. The zero-order valence-corrected chi connectivity index (χ0v) is 12.6. The normalized spacial score (nSPS) is 11.2. The fourth-order valence-corrected chi connectivity index (χ4v) is 2.84. The van der Waals surface area contributed by atoms with E-state index in [1.54, 1.807) is 12.1 Å². The number of fused-ring (bicyclic) bond motifs is 2. The first kappa shape index (κ1) is 14.8. The van der Waals surface area contributed by atoms with E-state index < -0.39 is 22.5 Å². The van der Waals surface area contributed by atoms with E-state index in [0.717, 1.165) is 6.07 Å². The molecule has 1 aliphatic carbocycles. The first-order valence-electron chi connectivity index (χ1n) is 7.29. The zero-order chi connectivity index (χ0) is 17.7. The number of nitrogens with one attached hydrogen (secondary N) is 1. The Balaban J connectivity index is 2.29. The Morgan fingerprint density at radius 2 is 1.64 bits per heavy atom. The van der Waals surface area contributed by atoms with Crippen molar-refractivity contribution in [3.05, 3.63) is 63.2 Å². The lowest BCUT2D eigenvalue weighted by Gasteiger charge is -2.15. The standard InChI is InChI=1S/C18H11NO6/c20-11-4-9-15(6-13(11)22)25-16-7-14(23)12(21)5-10(16)17(9)8-2-1-3-19-18(8)24/h1-7,20-22H,(H,19,24). The Bertz CT molecular complexity index is 1220. The van der Waals surface area contributed by atoms with Gasteiger partial charge in [-0.05, 0) is 24.3 Å². The quantitative estimate of drug-likeness (QED) is 0.312. The summed E-state index contributed by atoms with van der Waals surface area (Å²) in [5.74, 6) is -1.14. The molecule has 0 amide bonds. The molecule has 0 fully saturated rings. The predicted octanol–water partition coefficient (Wildman–Crippen LogP) is 2.37. The molecule has 25 heavy (non-hydrogen) atoms. The fourth-order valence-electron chi connectivity index (χ4n) is 2.84. The molecule has 2 aliphatic rings. The molecule has 0 spiro atoms. The Labute approximate surface area is 139 Å². The first-order chi connectivity index (χ1) is 12.0. The van der Waals surface area contributed by atoms with Crippen LogP contribution in [0.1, 0.15) is 0 Å². The number of rotatable bonds is 1. The summed E-state index contributed by atoms with van der Waals surface area (Å²) in [6.07, 6.45) is 1.47. The summed E-state index contributed by atoms with van der Waals surface area (Å²) in [4.78, 5) is 26.6. The highest BCUT2D eigenvalue weighted by molar-refractivity contribution is 6.02. The molecule has 0 unspecified atom stereocenters. The number of pyridine rings is 1. The van der Waals surface area contributed by atoms with Crippen molar-refractivity contribution in [1.82, 2.24) is 4.98 Å². The summed E-state index contributed by atoms with van der Waals surface area (Å²) in [6.45, 7) is 0. The van der Waals surface area contributed by atoms with E-state index in [4.69, 9.17) is 4.42 Å². The van der Waals surface area contributed by atoms with Gasteiger partial charge in [-0.2, -0.15) is 0 Å². The highest BCUT2D eigenvalue weighted by Crippen LogP contribution is 2.42. The molecule has 0 atom stereocenters. The number of phenols is 3. The van der Waals surface area contributed by atoms with E-state index in [1.165, 1.54) is 24.4 Å². The zero-order valence-electron chi connectivity index (χ0n) is 12.6. The molecule has 0 bridgehead atoms. The number of aromatic amines is 1. The van der Waals surface area contributed by atoms with E-state index in [9.17, 15) is 24.9 Å². The Hall–Kier alpha value is -3.74. The number of aromatic hydroxyl groups is 3. The van der Waals surface area contributed by atoms with Crippen molar-refractivity contribution < 1.29 is 19.7 Å². The number of hydrogen-bond donors (Lipinski definition) is 4. The van der Waals surface area contributed by atoms with Crippen LogP contribution >= 0.6 is 0 Å². The maximum Gasteiger partial charge on any atom is 0.255 e. The minimum absolute atomic E-state index is 0.138. The van der Waals surface area contributed by atoms with Gasteiger partial charge < -0.3 is 24.7 Å². The molecule has 4 rings (SSSR count). The molecule has 4 N–H and O–H groups in total. The van der Waals surface area contributed by atoms with Crippen LogP contribution in [-0.4, -0.2) is 20.3 Å². The summed E-state index contributed by atoms with van der Waals surface area (Å²) < 4.78 is 5.63. The van der Waals surface area contributed by atoms with Crippen molar-refractivity contribution in [1.29, 1.82) is 0 Å². The van der Waals surface area contributed by atoms with Crippen LogP contribution in [0.15, 0.2) is 56.6 Å². The topological polar surface area (TPSA) is 124 Å². The number of hydrogen-bond acceptors (Lipinski definition) is 6. The third-order valence-electron chi connectivity index (χ3n) is 3.98. The first-order valence-corrected chi connectivity index (χ1v) is 7.29. The molecule has 1 aromatic carbocycles. The van der Waals surface area contributed by atoms with Gasteiger partial charge in [0, 0.05) is 40.4 Å². The maximum atomic E-state index is 12.3. The summed E-state index contributed by atoms with van der Waals surface area (Å²) in [7, 11) is 0. The maximum absolute atomic E-state index is 12.3. The van der Waals surface area contributed by atoms with E-state index in [-0.39, 0.29) is 22.7 Å². The van der Waals surface area contributed by atoms with Crippen molar-refractivity contribution in [2.75, 3.05) is 0 Å². The van der Waals surface area contributed by atoms with Gasteiger partial charge in [-0.15, -0.1) is 0 Å². The molecular formula is C18H11NO6. The molecule has 0 saturated heterocycles. The lowest BCUT2D eigenvalue weighted by molar-refractivity contribution is 0.404. The van der Waals surface area contributed by atoms with Gasteiger partial charge in [-0.3, -0.25) is 9.59 Å². The molecule has 2 aromatic rings. The molecule has 7 heteroatoms. The van der Waals surface area contributed by atoms with Crippen LogP contribution in [0, 0.1) is 0 Å². The van der Waals surface area contributed by atoms with Crippen LogP contribution in [0.2, 0.25) is 0 Å². The van der Waals surface area contributed by atoms with Gasteiger partial charge in [0.1, 0.15) is 11.3 Å². The molecule has 1 aromatic heterocycles. The lowest BCUT2D eigenvalue weighted by Crippen LogP contribution is -2.09. The van der Waals surface area contributed by atoms with Crippen molar-refractivity contribution in [3.63, 3.8) is 0 Å². The number of phenolic OH excluding ortho intramolecular Hbond substituents is 3. The van der Waals surface area contributed by atoms with Gasteiger partial charge in [-0.25, -0.2) is 0 Å². The molecule has 0 radical (unpaired) electrons. The average molecular weight is 337 g/mol. The summed E-state index contributed by atoms with van der Waals surface area (Å²) in [5.41, 5.74) is 0.0961.